The molecule has 22 heavy (non-hydrogen) atoms. The van der Waals surface area contributed by atoms with Gasteiger partial charge in [-0.15, -0.1) is 0 Å². The van der Waals surface area contributed by atoms with Crippen LogP contribution in [-0.2, 0) is 29.1 Å². The summed E-state index contributed by atoms with van der Waals surface area (Å²) in [5.41, 5.74) is 5.88. The van der Waals surface area contributed by atoms with Gasteiger partial charge in [0.05, 0.1) is 0 Å². The van der Waals surface area contributed by atoms with Crippen molar-refractivity contribution in [2.24, 2.45) is 0 Å². The molecule has 0 saturated heterocycles. The summed E-state index contributed by atoms with van der Waals surface area (Å²) in [6, 6.07) is 8.85. The van der Waals surface area contributed by atoms with Crippen molar-refractivity contribution in [3.8, 4) is 0 Å². The summed E-state index contributed by atoms with van der Waals surface area (Å²) >= 11 is 1.55. The van der Waals surface area contributed by atoms with Crippen molar-refractivity contribution in [1.82, 2.24) is 0 Å². The summed E-state index contributed by atoms with van der Waals surface area (Å²) < 4.78 is 7.71. The molecule has 2 aliphatic rings. The van der Waals surface area contributed by atoms with Gasteiger partial charge in [-0.05, 0) is 0 Å². The predicted octanol–water partition coefficient (Wildman–Crippen LogP) is 5.17. The Balaban J connectivity index is 1.85. The van der Waals surface area contributed by atoms with Crippen molar-refractivity contribution < 1.29 is 29.1 Å². The van der Waals surface area contributed by atoms with Crippen LogP contribution in [0.5, 0.6) is 0 Å². The molecule has 0 bridgehead atoms. The summed E-state index contributed by atoms with van der Waals surface area (Å²) in [6.07, 6.45) is 9.27. The Morgan fingerprint density at radius 1 is 1.23 bits per heavy atom. The van der Waals surface area contributed by atoms with Crippen LogP contribution in [-0.4, -0.2) is 14.9 Å². The molecule has 1 aromatic rings. The van der Waals surface area contributed by atoms with Gasteiger partial charge in [-0.25, -0.2) is 0 Å². The molecule has 0 aliphatic heterocycles. The average Bonchev–Trinajstić information content (AvgIpc) is 3.01. The van der Waals surface area contributed by atoms with E-state index in [0.717, 1.165) is 19.4 Å². The minimum absolute atomic E-state index is 0.501. The second-order valence-corrected chi connectivity index (χ2v) is 13.0. The Morgan fingerprint density at radius 2 is 2.00 bits per heavy atom. The molecule has 1 unspecified atom stereocenters. The first-order valence-corrected chi connectivity index (χ1v) is 12.7. The van der Waals surface area contributed by atoms with Gasteiger partial charge in [0.2, 0.25) is 0 Å². The molecule has 0 aromatic heterocycles. The summed E-state index contributed by atoms with van der Waals surface area (Å²) in [5.74, 6) is 0.501. The molecule has 0 fully saturated rings. The first-order chi connectivity index (χ1) is 10.5. The zero-order chi connectivity index (χ0) is 15.7. The van der Waals surface area contributed by atoms with E-state index in [0.29, 0.717) is 5.92 Å². The van der Waals surface area contributed by atoms with E-state index in [1.807, 2.05) is 0 Å². The van der Waals surface area contributed by atoms with Gasteiger partial charge in [-0.1, -0.05) is 0 Å². The summed E-state index contributed by atoms with van der Waals surface area (Å²) in [6.45, 7) is 7.67. The fourth-order valence-electron chi connectivity index (χ4n) is 3.23. The third kappa shape index (κ3) is 3.53. The predicted molar refractivity (Wildman–Crippen MR) is 91.9 cm³/mol. The van der Waals surface area contributed by atoms with E-state index in [9.17, 15) is 0 Å². The molecule has 113 valence electrons. The van der Waals surface area contributed by atoms with Crippen LogP contribution in [0.2, 0.25) is 19.6 Å². The molecule has 1 nitrogen and oxygen atoms in total. The van der Waals surface area contributed by atoms with E-state index in [1.165, 1.54) is 22.3 Å². The zero-order valence-corrected chi connectivity index (χ0v) is 17.1. The molecule has 0 heterocycles. The van der Waals surface area contributed by atoms with E-state index in [-0.39, 0.29) is 0 Å². The van der Waals surface area contributed by atoms with Crippen LogP contribution < -0.4 is 0 Å². The van der Waals surface area contributed by atoms with Crippen LogP contribution in [0.25, 0.3) is 6.08 Å². The number of fused-ring (bicyclic) bond motifs is 1. The number of rotatable bonds is 5. The van der Waals surface area contributed by atoms with Gasteiger partial charge in [-0.3, -0.25) is 0 Å². The van der Waals surface area contributed by atoms with Gasteiger partial charge in [0, 0.05) is 0 Å². The monoisotopic (exact) mass is 385 g/mol. The van der Waals surface area contributed by atoms with Crippen molar-refractivity contribution in [2.45, 2.75) is 38.4 Å². The SMILES string of the molecule is C[Si](C)(C)OCCC1C(C2=[C]([Zr])CC=C2)=Cc2ccccc21. The molecule has 0 N–H and O–H groups in total. The topological polar surface area (TPSA) is 9.23 Å². The van der Waals surface area contributed by atoms with Crippen LogP contribution in [0, 0.1) is 0 Å². The Kier molecular flexibility index (Phi) is 4.87. The molecule has 0 saturated carbocycles. The number of hydrogen-bond acceptors (Lipinski definition) is 1. The molecule has 1 atom stereocenters. The minimum atomic E-state index is -1.43. The standard InChI is InChI=1S/C19H23OSi.Zr/c1-21(2,3)20-13-12-18-17-11-7-6-10-16(17)14-19(18)15-8-4-5-9-15;/h4,6-8,10-11,14,18H,5,12-13H2,1-3H3;. The maximum absolute atomic E-state index is 6.13. The second kappa shape index (κ2) is 6.55. The molecule has 0 radical (unpaired) electrons. The quantitative estimate of drug-likeness (QED) is 0.634. The van der Waals surface area contributed by atoms with E-state index in [2.05, 4.69) is 62.1 Å². The summed E-state index contributed by atoms with van der Waals surface area (Å²) in [5, 5.41) is 0. The molecule has 2 aliphatic carbocycles. The number of allylic oxidation sites excluding steroid dienone is 5. The Hall–Kier alpha value is -0.500. The van der Waals surface area contributed by atoms with Gasteiger partial charge in [0.25, 0.3) is 0 Å². The van der Waals surface area contributed by atoms with Gasteiger partial charge >= 0.3 is 151 Å². The first kappa shape index (κ1) is 16.4. The van der Waals surface area contributed by atoms with Crippen LogP contribution in [0.4, 0.5) is 0 Å². The van der Waals surface area contributed by atoms with Crippen LogP contribution in [0.1, 0.15) is 29.9 Å². The maximum atomic E-state index is 6.13. The van der Waals surface area contributed by atoms with Gasteiger partial charge < -0.3 is 0 Å². The van der Waals surface area contributed by atoms with E-state index >= 15 is 0 Å². The Morgan fingerprint density at radius 3 is 2.68 bits per heavy atom. The van der Waals surface area contributed by atoms with Crippen LogP contribution in [0.15, 0.2) is 50.8 Å². The average molecular weight is 387 g/mol. The van der Waals surface area contributed by atoms with Crippen LogP contribution >= 0.6 is 0 Å². The molecule has 3 heteroatoms. The normalized spacial score (nSPS) is 20.5. The number of hydrogen-bond donors (Lipinski definition) is 0. The van der Waals surface area contributed by atoms with E-state index in [4.69, 9.17) is 4.43 Å². The third-order valence-corrected chi connectivity index (χ3v) is 6.48. The van der Waals surface area contributed by atoms with Gasteiger partial charge in [-0.2, -0.15) is 0 Å². The van der Waals surface area contributed by atoms with Crippen molar-refractivity contribution in [3.63, 3.8) is 0 Å². The van der Waals surface area contributed by atoms with Crippen molar-refractivity contribution in [1.29, 1.82) is 0 Å². The van der Waals surface area contributed by atoms with Crippen molar-refractivity contribution in [2.75, 3.05) is 6.61 Å². The third-order valence-electron chi connectivity index (χ3n) is 4.24. The second-order valence-electron chi connectivity index (χ2n) is 7.03. The van der Waals surface area contributed by atoms with Crippen molar-refractivity contribution in [3.05, 3.63) is 62.0 Å². The molecule has 0 spiro atoms. The molecular formula is C19H23OSiZr. The molecule has 3 rings (SSSR count). The summed E-state index contributed by atoms with van der Waals surface area (Å²) in [4.78, 5) is 0. The van der Waals surface area contributed by atoms with Gasteiger partial charge in [0.15, 0.2) is 0 Å². The number of benzene rings is 1. The van der Waals surface area contributed by atoms with Crippen LogP contribution in [0.3, 0.4) is 0 Å². The zero-order valence-electron chi connectivity index (χ0n) is 13.6. The Labute approximate surface area is 150 Å². The van der Waals surface area contributed by atoms with E-state index in [1.54, 1.807) is 28.0 Å². The molecule has 0 amide bonds. The van der Waals surface area contributed by atoms with E-state index < -0.39 is 8.32 Å². The summed E-state index contributed by atoms with van der Waals surface area (Å²) in [7, 11) is -1.43. The fourth-order valence-corrected chi connectivity index (χ4v) is 4.81. The van der Waals surface area contributed by atoms with Gasteiger partial charge in [0.1, 0.15) is 0 Å². The fraction of sp³-hybridized carbons (Fsp3) is 0.368. The van der Waals surface area contributed by atoms with Crippen molar-refractivity contribution >= 4 is 14.4 Å². The molecule has 1 aromatic carbocycles. The Bertz CT molecular complexity index is 664. The molecular weight excluding hydrogens is 364 g/mol. The first-order valence-electron chi connectivity index (χ1n) is 8.02.